The summed E-state index contributed by atoms with van der Waals surface area (Å²) in [4.78, 5) is 2.12. The Hall–Kier alpha value is -0.0800. The molecule has 2 nitrogen and oxygen atoms in total. The molecule has 0 N–H and O–H groups in total. The van der Waals surface area contributed by atoms with Crippen LogP contribution in [-0.4, -0.2) is 32.1 Å². The predicted molar refractivity (Wildman–Crippen MR) is 34.8 cm³/mol. The van der Waals surface area contributed by atoms with E-state index in [1.54, 1.807) is 0 Å². The Kier molecular flexibility index (Phi) is 5.01. The normalized spacial score (nSPS) is 10.5. The summed E-state index contributed by atoms with van der Waals surface area (Å²) in [5.41, 5.74) is 8.36. The highest BCUT2D eigenvalue weighted by atomic mass is 15.0. The summed E-state index contributed by atoms with van der Waals surface area (Å²) >= 11 is 0. The fraction of sp³-hybridized carbons (Fsp3) is 1.00. The molecule has 0 aliphatic heterocycles. The molecule has 2 heteroatoms. The van der Waals surface area contributed by atoms with Gasteiger partial charge in [0.2, 0.25) is 0 Å². The molecule has 0 saturated carbocycles. The fourth-order valence-corrected chi connectivity index (χ4v) is 0.540. The molecule has 0 atom stereocenters. The molecule has 0 aliphatic rings. The molecular weight excluding hydrogens is 100 g/mol. The van der Waals surface area contributed by atoms with Crippen molar-refractivity contribution in [3.8, 4) is 0 Å². The first-order valence-electron chi connectivity index (χ1n) is 3.03. The van der Waals surface area contributed by atoms with Crippen molar-refractivity contribution in [1.29, 1.82) is 0 Å². The van der Waals surface area contributed by atoms with Crippen LogP contribution in [0.25, 0.3) is 0 Å². The zero-order valence-corrected chi connectivity index (χ0v) is 5.72. The molecule has 2 radical (unpaired) electrons. The van der Waals surface area contributed by atoms with Gasteiger partial charge in [-0.05, 0) is 33.5 Å². The Morgan fingerprint density at radius 2 is 1.88 bits per heavy atom. The highest BCUT2D eigenvalue weighted by molar-refractivity contribution is 4.44. The van der Waals surface area contributed by atoms with Crippen LogP contribution >= 0.6 is 0 Å². The maximum absolute atomic E-state index is 8.36. The minimum Gasteiger partial charge on any atom is -0.309 e. The molecule has 0 amide bonds. The molecular formula is C6H14N2. The van der Waals surface area contributed by atoms with Gasteiger partial charge in [0.05, 0.1) is 0 Å². The van der Waals surface area contributed by atoms with Gasteiger partial charge in [0, 0.05) is 6.54 Å². The lowest BCUT2D eigenvalue weighted by molar-refractivity contribution is 0.395. The number of hydrogen-bond acceptors (Lipinski definition) is 1. The number of unbranched alkanes of at least 4 members (excludes halogenated alkanes) is 1. The second kappa shape index (κ2) is 5.06. The van der Waals surface area contributed by atoms with Crippen molar-refractivity contribution in [2.45, 2.75) is 12.8 Å². The van der Waals surface area contributed by atoms with Crippen molar-refractivity contribution in [2.75, 3.05) is 27.2 Å². The van der Waals surface area contributed by atoms with Crippen LogP contribution < -0.4 is 5.73 Å². The molecule has 0 aromatic rings. The third kappa shape index (κ3) is 5.92. The summed E-state index contributed by atoms with van der Waals surface area (Å²) in [5.74, 6) is 0. The van der Waals surface area contributed by atoms with Gasteiger partial charge in [-0.25, -0.2) is 0 Å². The van der Waals surface area contributed by atoms with E-state index in [1.807, 2.05) is 14.1 Å². The monoisotopic (exact) mass is 114 g/mol. The van der Waals surface area contributed by atoms with Gasteiger partial charge in [0.15, 0.2) is 0 Å². The van der Waals surface area contributed by atoms with Crippen LogP contribution in [-0.2, 0) is 0 Å². The van der Waals surface area contributed by atoms with Gasteiger partial charge in [-0.2, -0.15) is 0 Å². The van der Waals surface area contributed by atoms with Gasteiger partial charge in [-0.3, -0.25) is 0 Å². The second-order valence-electron chi connectivity index (χ2n) is 2.23. The van der Waals surface area contributed by atoms with Crippen LogP contribution in [0.15, 0.2) is 0 Å². The van der Waals surface area contributed by atoms with Crippen LogP contribution in [0.4, 0.5) is 0 Å². The van der Waals surface area contributed by atoms with E-state index in [-0.39, 0.29) is 0 Å². The van der Waals surface area contributed by atoms with Gasteiger partial charge < -0.3 is 4.90 Å². The summed E-state index contributed by atoms with van der Waals surface area (Å²) in [6.07, 6.45) is 2.03. The Labute approximate surface area is 51.7 Å². The molecule has 0 aromatic heterocycles. The van der Waals surface area contributed by atoms with E-state index in [4.69, 9.17) is 5.73 Å². The van der Waals surface area contributed by atoms with E-state index < -0.39 is 0 Å². The second-order valence-corrected chi connectivity index (χ2v) is 2.23. The zero-order valence-electron chi connectivity index (χ0n) is 5.72. The quantitative estimate of drug-likeness (QED) is 0.486. The molecule has 0 heterocycles. The maximum Gasteiger partial charge on any atom is 0.0322 e. The third-order valence-corrected chi connectivity index (χ3v) is 1.01. The van der Waals surface area contributed by atoms with E-state index in [0.29, 0.717) is 6.54 Å². The molecule has 0 unspecified atom stereocenters. The van der Waals surface area contributed by atoms with Crippen molar-refractivity contribution in [3.63, 3.8) is 0 Å². The Bertz CT molecular complexity index is 43.8. The van der Waals surface area contributed by atoms with E-state index in [9.17, 15) is 0 Å². The lowest BCUT2D eigenvalue weighted by Gasteiger charge is -2.06. The van der Waals surface area contributed by atoms with E-state index in [1.165, 1.54) is 0 Å². The Morgan fingerprint density at radius 1 is 1.25 bits per heavy atom. The van der Waals surface area contributed by atoms with Gasteiger partial charge in [-0.1, -0.05) is 0 Å². The van der Waals surface area contributed by atoms with Crippen molar-refractivity contribution in [3.05, 3.63) is 0 Å². The SMILES string of the molecule is CN(C)CCCC[N]. The standard InChI is InChI=1S/C6H14N2/c1-8(2)6-4-3-5-7/h3-6H2,1-2H3. The first-order valence-corrected chi connectivity index (χ1v) is 3.03. The number of rotatable bonds is 4. The average Bonchev–Trinajstić information content (AvgIpc) is 1.66. The molecule has 0 aromatic carbocycles. The Balaban J connectivity index is 2.72. The zero-order chi connectivity index (χ0) is 6.41. The molecule has 0 fully saturated rings. The van der Waals surface area contributed by atoms with Crippen molar-refractivity contribution in [2.24, 2.45) is 0 Å². The van der Waals surface area contributed by atoms with Gasteiger partial charge in [0.25, 0.3) is 0 Å². The molecule has 0 rings (SSSR count). The first-order chi connectivity index (χ1) is 3.77. The Morgan fingerprint density at radius 3 is 2.25 bits per heavy atom. The van der Waals surface area contributed by atoms with E-state index in [0.717, 1.165) is 19.4 Å². The van der Waals surface area contributed by atoms with Crippen LogP contribution in [0.5, 0.6) is 0 Å². The molecule has 0 aliphatic carbocycles. The summed E-state index contributed by atoms with van der Waals surface area (Å²) in [6.45, 7) is 1.41. The summed E-state index contributed by atoms with van der Waals surface area (Å²) in [6, 6.07) is 0. The molecule has 0 spiro atoms. The minimum atomic E-state index is 0.327. The summed E-state index contributed by atoms with van der Waals surface area (Å²) in [7, 11) is 4.08. The minimum absolute atomic E-state index is 0.327. The van der Waals surface area contributed by atoms with Crippen molar-refractivity contribution in [1.82, 2.24) is 10.6 Å². The molecule has 8 heavy (non-hydrogen) atoms. The largest absolute Gasteiger partial charge is 0.309 e. The van der Waals surface area contributed by atoms with Crippen molar-refractivity contribution >= 4 is 0 Å². The van der Waals surface area contributed by atoms with Crippen LogP contribution in [0.1, 0.15) is 12.8 Å². The highest BCUT2D eigenvalue weighted by Crippen LogP contribution is 1.86. The van der Waals surface area contributed by atoms with Gasteiger partial charge in [0.1, 0.15) is 0 Å². The fourth-order valence-electron chi connectivity index (χ4n) is 0.540. The lowest BCUT2D eigenvalue weighted by Crippen LogP contribution is -2.13. The third-order valence-electron chi connectivity index (χ3n) is 1.01. The summed E-state index contributed by atoms with van der Waals surface area (Å²) in [5, 5.41) is 0. The van der Waals surface area contributed by atoms with E-state index in [2.05, 4.69) is 4.90 Å². The average molecular weight is 114 g/mol. The maximum atomic E-state index is 8.36. The number of hydrogen-bond donors (Lipinski definition) is 0. The highest BCUT2D eigenvalue weighted by Gasteiger charge is 1.87. The smallest absolute Gasteiger partial charge is 0.0322 e. The van der Waals surface area contributed by atoms with Crippen LogP contribution in [0, 0.1) is 0 Å². The van der Waals surface area contributed by atoms with Gasteiger partial charge >= 0.3 is 0 Å². The topological polar surface area (TPSA) is 25.5 Å². The first kappa shape index (κ1) is 7.92. The van der Waals surface area contributed by atoms with Crippen molar-refractivity contribution < 1.29 is 0 Å². The van der Waals surface area contributed by atoms with E-state index >= 15 is 0 Å². The molecule has 0 bridgehead atoms. The molecule has 48 valence electrons. The van der Waals surface area contributed by atoms with Gasteiger partial charge in [-0.15, -0.1) is 5.73 Å². The predicted octanol–water partition coefficient (Wildman–Crippen LogP) is 0.397. The molecule has 0 saturated heterocycles. The van der Waals surface area contributed by atoms with Crippen LogP contribution in [0.2, 0.25) is 0 Å². The summed E-state index contributed by atoms with van der Waals surface area (Å²) < 4.78 is 0. The van der Waals surface area contributed by atoms with Crippen LogP contribution in [0.3, 0.4) is 0 Å². The lowest BCUT2D eigenvalue weighted by atomic mass is 10.3. The number of nitrogens with zero attached hydrogens (tertiary/aromatic N) is 2.